The van der Waals surface area contributed by atoms with E-state index in [0.29, 0.717) is 0 Å². The van der Waals surface area contributed by atoms with Crippen LogP contribution in [0.3, 0.4) is 0 Å². The molecule has 0 aliphatic carbocycles. The van der Waals surface area contributed by atoms with Crippen molar-refractivity contribution in [2.24, 2.45) is 0 Å². The van der Waals surface area contributed by atoms with Crippen molar-refractivity contribution < 1.29 is 98.4 Å². The van der Waals surface area contributed by atoms with Gasteiger partial charge < -0.3 is 29.7 Å². The van der Waals surface area contributed by atoms with Crippen molar-refractivity contribution in [1.82, 2.24) is 0 Å². The molecule has 28 heavy (non-hydrogen) atoms. The monoisotopic (exact) mass is 545 g/mol. The molecule has 0 aromatic rings. The topological polar surface area (TPSA) is 223 Å². The normalized spacial score (nSPS) is 8.25. The van der Waals surface area contributed by atoms with Gasteiger partial charge in [0, 0.05) is 0 Å². The van der Waals surface area contributed by atoms with Crippen molar-refractivity contribution in [3.63, 3.8) is 0 Å². The van der Waals surface area contributed by atoms with E-state index >= 15 is 0 Å². The molecule has 0 spiro atoms. The molecule has 0 fully saturated rings. The molecule has 13 heteroatoms. The molecule has 155 valence electrons. The average Bonchev–Trinajstić information content (AvgIpc) is 2.46. The van der Waals surface area contributed by atoms with Gasteiger partial charge in [0.25, 0.3) is 0 Å². The van der Waals surface area contributed by atoms with Gasteiger partial charge in [-0.3, -0.25) is 28.8 Å². The molecule has 0 unspecified atom stereocenters. The van der Waals surface area contributed by atoms with Gasteiger partial charge in [-0.2, -0.15) is 0 Å². The summed E-state index contributed by atoms with van der Waals surface area (Å²) < 4.78 is 0. The van der Waals surface area contributed by atoms with Crippen molar-refractivity contribution >= 4 is 52.6 Å². The van der Waals surface area contributed by atoms with E-state index in [9.17, 15) is 58.5 Å². The van der Waals surface area contributed by atoms with Gasteiger partial charge in [-0.15, -0.1) is 0 Å². The van der Waals surface area contributed by atoms with Crippen LogP contribution in [0.1, 0.15) is 40.0 Å². The Morgan fingerprint density at radius 1 is 0.464 bits per heavy atom. The Morgan fingerprint density at radius 3 is 0.643 bits per heavy atom. The second-order valence-electron chi connectivity index (χ2n) is 4.77. The molecular formula is C15H15GdO12. The van der Waals surface area contributed by atoms with E-state index in [2.05, 4.69) is 0 Å². The molecule has 0 saturated carbocycles. The van der Waals surface area contributed by atoms with Gasteiger partial charge in [0.2, 0.25) is 0 Å². The SMILES string of the molecule is CC(=O)CC(=O)C(=O)[O-].CC(=O)CC(=O)C(=O)[O-].CC(=O)CC(=O)C(=O)[O-].[Gd+3]. The number of hydrogen-bond donors (Lipinski definition) is 0. The first kappa shape index (κ1) is 33.3. The van der Waals surface area contributed by atoms with Crippen molar-refractivity contribution in [1.29, 1.82) is 0 Å². The summed E-state index contributed by atoms with van der Waals surface area (Å²) in [6.45, 7) is 3.42. The predicted octanol–water partition coefficient (Wildman–Crippen LogP) is -5.15. The van der Waals surface area contributed by atoms with Crippen LogP contribution in [-0.2, 0) is 43.2 Å². The second kappa shape index (κ2) is 18.1. The Kier molecular flexibility index (Phi) is 21.6. The summed E-state index contributed by atoms with van der Waals surface area (Å²) >= 11 is 0. The van der Waals surface area contributed by atoms with E-state index in [1.807, 2.05) is 0 Å². The third kappa shape index (κ3) is 26.0. The van der Waals surface area contributed by atoms with Gasteiger partial charge in [0.15, 0.2) is 17.3 Å². The number of carbonyl (C=O) groups is 9. The molecule has 0 aromatic carbocycles. The third-order valence-corrected chi connectivity index (χ3v) is 1.91. The van der Waals surface area contributed by atoms with Gasteiger partial charge in [0.05, 0.1) is 19.3 Å². The number of hydrogen-bond acceptors (Lipinski definition) is 12. The molecule has 0 aliphatic rings. The maximum atomic E-state index is 10.1. The van der Waals surface area contributed by atoms with E-state index in [4.69, 9.17) is 0 Å². The first-order valence-electron chi connectivity index (χ1n) is 6.82. The van der Waals surface area contributed by atoms with Crippen LogP contribution < -0.4 is 15.3 Å². The zero-order valence-electron chi connectivity index (χ0n) is 14.9. The van der Waals surface area contributed by atoms with Crippen LogP contribution in [-0.4, -0.2) is 52.6 Å². The minimum atomic E-state index is -1.80. The van der Waals surface area contributed by atoms with Crippen molar-refractivity contribution in [3.05, 3.63) is 0 Å². The Balaban J connectivity index is -0.000000152. The van der Waals surface area contributed by atoms with E-state index in [1.165, 1.54) is 0 Å². The zero-order valence-corrected chi connectivity index (χ0v) is 17.1. The quantitative estimate of drug-likeness (QED) is 0.196. The van der Waals surface area contributed by atoms with Gasteiger partial charge in [0.1, 0.15) is 35.3 Å². The molecule has 0 N–H and O–H groups in total. The molecule has 1 radical (unpaired) electrons. The number of carboxylic acid groups (broad SMARTS) is 3. The summed E-state index contributed by atoms with van der Waals surface area (Å²) in [7, 11) is 0. The molecule has 0 heterocycles. The van der Waals surface area contributed by atoms with Crippen LogP contribution in [0.25, 0.3) is 0 Å². The molecule has 0 aromatic heterocycles. The summed E-state index contributed by atoms with van der Waals surface area (Å²) in [5.74, 6) is -10.3. The average molecular weight is 545 g/mol. The van der Waals surface area contributed by atoms with E-state index < -0.39 is 71.9 Å². The first-order chi connectivity index (χ1) is 12.1. The van der Waals surface area contributed by atoms with E-state index in [0.717, 1.165) is 20.8 Å². The van der Waals surface area contributed by atoms with Gasteiger partial charge in [-0.1, -0.05) is 0 Å². The summed E-state index contributed by atoms with van der Waals surface area (Å²) in [5, 5.41) is 28.9. The van der Waals surface area contributed by atoms with Gasteiger partial charge in [-0.05, 0) is 20.8 Å². The van der Waals surface area contributed by atoms with E-state index in [-0.39, 0.29) is 39.9 Å². The standard InChI is InChI=1S/3C5H6O4.Gd/c3*1-3(6)2-4(7)5(8)9;/h3*2H2,1H3,(H,8,9);/q;;;+3/p-3. The van der Waals surface area contributed by atoms with Crippen LogP contribution in [0, 0.1) is 39.9 Å². The minimum absolute atomic E-state index is 0. The van der Waals surface area contributed by atoms with Gasteiger partial charge in [-0.25, -0.2) is 0 Å². The molecule has 0 atom stereocenters. The zero-order chi connectivity index (χ0) is 22.3. The summed E-state index contributed by atoms with van der Waals surface area (Å²) in [4.78, 5) is 89.2. The molecule has 0 rings (SSSR count). The van der Waals surface area contributed by atoms with Crippen molar-refractivity contribution in [3.8, 4) is 0 Å². The first-order valence-corrected chi connectivity index (χ1v) is 6.82. The molecule has 0 saturated heterocycles. The second-order valence-corrected chi connectivity index (χ2v) is 4.77. The molecule has 0 bridgehead atoms. The van der Waals surface area contributed by atoms with Crippen LogP contribution in [0.15, 0.2) is 0 Å². The predicted molar refractivity (Wildman–Crippen MR) is 75.9 cm³/mol. The fourth-order valence-electron chi connectivity index (χ4n) is 0.895. The summed E-state index contributed by atoms with van der Waals surface area (Å²) in [6, 6.07) is 0. The maximum Gasteiger partial charge on any atom is 3.00 e. The summed E-state index contributed by atoms with van der Waals surface area (Å²) in [6.07, 6.45) is -1.70. The molecule has 0 aliphatic heterocycles. The fraction of sp³-hybridized carbons (Fsp3) is 0.400. The number of ketones is 6. The Hall–Kier alpha value is -2.25. The number of carboxylic acids is 3. The maximum absolute atomic E-state index is 10.1. The summed E-state index contributed by atoms with van der Waals surface area (Å²) in [5.41, 5.74) is 0. The minimum Gasteiger partial charge on any atom is -0.542 e. The Bertz CT molecular complexity index is 572. The van der Waals surface area contributed by atoms with Gasteiger partial charge >= 0.3 is 39.9 Å². The third-order valence-electron chi connectivity index (χ3n) is 1.91. The largest absolute Gasteiger partial charge is 3.00 e. The Labute approximate surface area is 190 Å². The van der Waals surface area contributed by atoms with E-state index in [1.54, 1.807) is 0 Å². The number of rotatable bonds is 9. The van der Waals surface area contributed by atoms with Crippen LogP contribution >= 0.6 is 0 Å². The Morgan fingerprint density at radius 2 is 0.607 bits per heavy atom. The number of Topliss-reactive ketones (excluding diaryl/α,β-unsaturated/α-hetero) is 6. The van der Waals surface area contributed by atoms with Crippen LogP contribution in [0.4, 0.5) is 0 Å². The van der Waals surface area contributed by atoms with Crippen LogP contribution in [0.5, 0.6) is 0 Å². The van der Waals surface area contributed by atoms with Crippen molar-refractivity contribution in [2.45, 2.75) is 40.0 Å². The molecule has 0 amide bonds. The smallest absolute Gasteiger partial charge is 0.542 e. The van der Waals surface area contributed by atoms with Crippen LogP contribution in [0.2, 0.25) is 0 Å². The number of aliphatic carboxylic acids is 3. The molecule has 12 nitrogen and oxygen atoms in total. The number of carbonyl (C=O) groups excluding carboxylic acids is 9. The fourth-order valence-corrected chi connectivity index (χ4v) is 0.895. The van der Waals surface area contributed by atoms with Crippen molar-refractivity contribution in [2.75, 3.05) is 0 Å². The molecular weight excluding hydrogens is 529 g/mol.